The molecule has 0 spiro atoms. The van der Waals surface area contributed by atoms with Crippen LogP contribution in [0.3, 0.4) is 0 Å². The van der Waals surface area contributed by atoms with Crippen LogP contribution in [0.15, 0.2) is 42.5 Å². The average molecular weight is 290 g/mol. The Morgan fingerprint density at radius 3 is 2.75 bits per heavy atom. The first kappa shape index (κ1) is 14.9. The molecule has 0 aliphatic carbocycles. The van der Waals surface area contributed by atoms with Crippen molar-refractivity contribution in [3.05, 3.63) is 48.0 Å². The molecule has 0 bridgehead atoms. The summed E-state index contributed by atoms with van der Waals surface area (Å²) < 4.78 is 0. The van der Waals surface area contributed by atoms with Crippen molar-refractivity contribution >= 4 is 28.3 Å². The van der Waals surface area contributed by atoms with E-state index in [1.54, 1.807) is 0 Å². The topological polar surface area (TPSA) is 29.1 Å². The summed E-state index contributed by atoms with van der Waals surface area (Å²) in [6.07, 6.45) is 2.27. The lowest BCUT2D eigenvalue weighted by molar-refractivity contribution is -0.121. The lowest BCUT2D eigenvalue weighted by atomic mass is 10.0. The maximum Gasteiger partial charge on any atom is 0.224 e. The number of fused-ring (bicyclic) bond motifs is 1. The number of amides is 1. The third-order valence-electron chi connectivity index (χ3n) is 3.41. The molecule has 2 rings (SSSR count). The third kappa shape index (κ3) is 3.97. The molecule has 0 fully saturated rings. The summed E-state index contributed by atoms with van der Waals surface area (Å²) in [6.45, 7) is 2.02. The Bertz CT molecular complexity index is 577. The molecule has 0 aliphatic heterocycles. The van der Waals surface area contributed by atoms with Gasteiger partial charge in [-0.15, -0.1) is 11.6 Å². The predicted molar refractivity (Wildman–Crippen MR) is 85.2 cm³/mol. The summed E-state index contributed by atoms with van der Waals surface area (Å²) in [5.41, 5.74) is 1.07. The van der Waals surface area contributed by atoms with Crippen LogP contribution in [0.1, 0.15) is 25.3 Å². The molecule has 3 heteroatoms. The number of hydrogen-bond acceptors (Lipinski definition) is 1. The van der Waals surface area contributed by atoms with Crippen LogP contribution in [0.2, 0.25) is 0 Å². The van der Waals surface area contributed by atoms with E-state index in [-0.39, 0.29) is 11.9 Å². The highest BCUT2D eigenvalue weighted by atomic mass is 35.5. The number of alkyl halides is 1. The van der Waals surface area contributed by atoms with Crippen LogP contribution >= 0.6 is 11.6 Å². The van der Waals surface area contributed by atoms with E-state index in [9.17, 15) is 4.79 Å². The molecule has 1 unspecified atom stereocenters. The summed E-state index contributed by atoms with van der Waals surface area (Å²) >= 11 is 5.66. The fraction of sp³-hybridized carbons (Fsp3) is 0.353. The van der Waals surface area contributed by atoms with E-state index in [4.69, 9.17) is 11.6 Å². The van der Waals surface area contributed by atoms with Crippen molar-refractivity contribution in [2.45, 2.75) is 32.2 Å². The maximum absolute atomic E-state index is 12.1. The van der Waals surface area contributed by atoms with Crippen molar-refractivity contribution in [3.8, 4) is 0 Å². The van der Waals surface area contributed by atoms with Crippen LogP contribution in [0.4, 0.5) is 0 Å². The SMILES string of the molecule is CC(CCCCl)NC(=O)Cc1cccc2ccccc12. The minimum Gasteiger partial charge on any atom is -0.353 e. The number of halogens is 1. The Hall–Kier alpha value is -1.54. The Balaban J connectivity index is 2.03. The van der Waals surface area contributed by atoms with E-state index in [1.165, 1.54) is 5.39 Å². The molecule has 0 aromatic heterocycles. The van der Waals surface area contributed by atoms with Gasteiger partial charge >= 0.3 is 0 Å². The first-order valence-corrected chi connectivity index (χ1v) is 7.56. The van der Waals surface area contributed by atoms with Crippen molar-refractivity contribution < 1.29 is 4.79 Å². The van der Waals surface area contributed by atoms with Gasteiger partial charge in [0.15, 0.2) is 0 Å². The first-order valence-electron chi connectivity index (χ1n) is 7.02. The number of hydrogen-bond donors (Lipinski definition) is 1. The Labute approximate surface area is 125 Å². The summed E-state index contributed by atoms with van der Waals surface area (Å²) in [7, 11) is 0. The minimum atomic E-state index is 0.0726. The maximum atomic E-state index is 12.1. The van der Waals surface area contributed by atoms with Crippen molar-refractivity contribution in [3.63, 3.8) is 0 Å². The molecule has 1 amide bonds. The fourth-order valence-corrected chi connectivity index (χ4v) is 2.56. The monoisotopic (exact) mass is 289 g/mol. The molecule has 0 radical (unpaired) electrons. The molecule has 2 aromatic carbocycles. The van der Waals surface area contributed by atoms with E-state index in [1.807, 2.05) is 31.2 Å². The van der Waals surface area contributed by atoms with Gasteiger partial charge in [-0.1, -0.05) is 42.5 Å². The molecule has 0 heterocycles. The lowest BCUT2D eigenvalue weighted by Crippen LogP contribution is -2.33. The van der Waals surface area contributed by atoms with Crippen LogP contribution in [-0.4, -0.2) is 17.8 Å². The molecule has 2 aromatic rings. The zero-order valence-corrected chi connectivity index (χ0v) is 12.5. The molecule has 20 heavy (non-hydrogen) atoms. The summed E-state index contributed by atoms with van der Waals surface area (Å²) in [4.78, 5) is 12.1. The number of carbonyl (C=O) groups is 1. The largest absolute Gasteiger partial charge is 0.353 e. The fourth-order valence-electron chi connectivity index (χ4n) is 2.40. The van der Waals surface area contributed by atoms with Gasteiger partial charge in [0.1, 0.15) is 0 Å². The van der Waals surface area contributed by atoms with Gasteiger partial charge in [0.05, 0.1) is 6.42 Å². The van der Waals surface area contributed by atoms with E-state index in [0.29, 0.717) is 12.3 Å². The Morgan fingerprint density at radius 1 is 1.20 bits per heavy atom. The van der Waals surface area contributed by atoms with Crippen molar-refractivity contribution in [2.24, 2.45) is 0 Å². The van der Waals surface area contributed by atoms with E-state index in [2.05, 4.69) is 23.5 Å². The second-order valence-electron chi connectivity index (χ2n) is 5.11. The normalized spacial score (nSPS) is 12.3. The molecule has 2 nitrogen and oxygen atoms in total. The molecule has 106 valence electrons. The molecular weight excluding hydrogens is 270 g/mol. The predicted octanol–water partition coefficient (Wildman–Crippen LogP) is 3.91. The van der Waals surface area contributed by atoms with Gasteiger partial charge < -0.3 is 5.32 Å². The van der Waals surface area contributed by atoms with E-state index in [0.717, 1.165) is 23.8 Å². The van der Waals surface area contributed by atoms with Crippen LogP contribution < -0.4 is 5.32 Å². The molecule has 1 atom stereocenters. The van der Waals surface area contributed by atoms with Gasteiger partial charge in [-0.2, -0.15) is 0 Å². The zero-order chi connectivity index (χ0) is 14.4. The van der Waals surface area contributed by atoms with Crippen LogP contribution in [0.25, 0.3) is 10.8 Å². The highest BCUT2D eigenvalue weighted by molar-refractivity contribution is 6.17. The lowest BCUT2D eigenvalue weighted by Gasteiger charge is -2.13. The number of nitrogens with one attached hydrogen (secondary N) is 1. The standard InChI is InChI=1S/C17H20ClNO/c1-13(6-5-11-18)19-17(20)12-15-9-4-8-14-7-2-3-10-16(14)15/h2-4,7-10,13H,5-6,11-12H2,1H3,(H,19,20). The number of benzene rings is 2. The summed E-state index contributed by atoms with van der Waals surface area (Å²) in [5, 5.41) is 5.36. The molecule has 1 N–H and O–H groups in total. The van der Waals surface area contributed by atoms with Gasteiger partial charge in [0, 0.05) is 11.9 Å². The van der Waals surface area contributed by atoms with Crippen molar-refractivity contribution in [2.75, 3.05) is 5.88 Å². The van der Waals surface area contributed by atoms with E-state index >= 15 is 0 Å². The average Bonchev–Trinajstić information content (AvgIpc) is 2.45. The van der Waals surface area contributed by atoms with Gasteiger partial charge in [-0.25, -0.2) is 0 Å². The Kier molecular flexibility index (Phi) is 5.42. The second kappa shape index (κ2) is 7.30. The van der Waals surface area contributed by atoms with Crippen LogP contribution in [0.5, 0.6) is 0 Å². The van der Waals surface area contributed by atoms with Crippen LogP contribution in [0, 0.1) is 0 Å². The third-order valence-corrected chi connectivity index (χ3v) is 3.68. The van der Waals surface area contributed by atoms with Crippen molar-refractivity contribution in [1.82, 2.24) is 5.32 Å². The second-order valence-corrected chi connectivity index (χ2v) is 5.49. The van der Waals surface area contributed by atoms with Crippen molar-refractivity contribution in [1.29, 1.82) is 0 Å². The van der Waals surface area contributed by atoms with Gasteiger partial charge in [0.25, 0.3) is 0 Å². The number of rotatable bonds is 6. The summed E-state index contributed by atoms with van der Waals surface area (Å²) in [5.74, 6) is 0.715. The molecule has 0 aliphatic rings. The quantitative estimate of drug-likeness (QED) is 0.803. The number of carbonyl (C=O) groups excluding carboxylic acids is 1. The van der Waals surface area contributed by atoms with Gasteiger partial charge in [-0.3, -0.25) is 4.79 Å². The van der Waals surface area contributed by atoms with E-state index < -0.39 is 0 Å². The summed E-state index contributed by atoms with van der Waals surface area (Å²) in [6, 6.07) is 14.4. The molecular formula is C17H20ClNO. The van der Waals surface area contributed by atoms with Gasteiger partial charge in [0.2, 0.25) is 5.91 Å². The highest BCUT2D eigenvalue weighted by Gasteiger charge is 2.09. The highest BCUT2D eigenvalue weighted by Crippen LogP contribution is 2.18. The smallest absolute Gasteiger partial charge is 0.224 e. The Morgan fingerprint density at radius 2 is 1.95 bits per heavy atom. The molecule has 0 saturated heterocycles. The molecule has 0 saturated carbocycles. The van der Waals surface area contributed by atoms with Crippen LogP contribution in [-0.2, 0) is 11.2 Å². The van der Waals surface area contributed by atoms with Gasteiger partial charge in [-0.05, 0) is 36.1 Å². The first-order chi connectivity index (χ1) is 9.70. The minimum absolute atomic E-state index is 0.0726. The zero-order valence-electron chi connectivity index (χ0n) is 11.7.